The van der Waals surface area contributed by atoms with Gasteiger partial charge in [0.25, 0.3) is 5.91 Å². The van der Waals surface area contributed by atoms with Crippen LogP contribution >= 0.6 is 11.6 Å². The zero-order valence-corrected chi connectivity index (χ0v) is 12.3. The zero-order chi connectivity index (χ0) is 15.4. The first-order valence-electron chi connectivity index (χ1n) is 6.69. The first-order valence-corrected chi connectivity index (χ1v) is 7.07. The molecule has 0 radical (unpaired) electrons. The first kappa shape index (κ1) is 14.2. The number of rotatable bonds is 3. The normalized spacial score (nSPS) is 10.2. The summed E-state index contributed by atoms with van der Waals surface area (Å²) in [5, 5.41) is 11.3. The number of benzene rings is 2. The van der Waals surface area contributed by atoms with Crippen molar-refractivity contribution in [1.82, 2.24) is 10.2 Å². The SMILES string of the molecule is O=C(Nc1ccccc1Cl)c1ccc(-c2ccccc2)nn1. The van der Waals surface area contributed by atoms with Crippen LogP contribution in [0.25, 0.3) is 11.3 Å². The number of halogens is 1. The van der Waals surface area contributed by atoms with E-state index in [1.54, 1.807) is 36.4 Å². The van der Waals surface area contributed by atoms with Gasteiger partial charge in [-0.1, -0.05) is 54.1 Å². The third-order valence-electron chi connectivity index (χ3n) is 3.09. The molecule has 3 aromatic rings. The van der Waals surface area contributed by atoms with Crippen LogP contribution in [0.4, 0.5) is 5.69 Å². The number of nitrogens with zero attached hydrogens (tertiary/aromatic N) is 2. The van der Waals surface area contributed by atoms with Gasteiger partial charge in [0.2, 0.25) is 0 Å². The highest BCUT2D eigenvalue weighted by molar-refractivity contribution is 6.33. The van der Waals surface area contributed by atoms with Gasteiger partial charge in [0.05, 0.1) is 16.4 Å². The molecule has 2 aromatic carbocycles. The number of para-hydroxylation sites is 1. The van der Waals surface area contributed by atoms with Gasteiger partial charge in [-0.2, -0.15) is 0 Å². The summed E-state index contributed by atoms with van der Waals surface area (Å²) in [4.78, 5) is 12.1. The van der Waals surface area contributed by atoms with E-state index in [-0.39, 0.29) is 11.6 Å². The highest BCUT2D eigenvalue weighted by Gasteiger charge is 2.10. The van der Waals surface area contributed by atoms with Crippen molar-refractivity contribution in [2.24, 2.45) is 0 Å². The number of amides is 1. The lowest BCUT2D eigenvalue weighted by molar-refractivity contribution is 0.102. The summed E-state index contributed by atoms with van der Waals surface area (Å²) in [6, 6.07) is 20.1. The van der Waals surface area contributed by atoms with Crippen LogP contribution in [-0.2, 0) is 0 Å². The maximum atomic E-state index is 12.1. The van der Waals surface area contributed by atoms with Crippen LogP contribution in [0.15, 0.2) is 66.7 Å². The summed E-state index contributed by atoms with van der Waals surface area (Å²) < 4.78 is 0. The quantitative estimate of drug-likeness (QED) is 0.794. The van der Waals surface area contributed by atoms with Crippen LogP contribution in [0, 0.1) is 0 Å². The Hall–Kier alpha value is -2.72. The maximum Gasteiger partial charge on any atom is 0.276 e. The molecule has 1 aromatic heterocycles. The van der Waals surface area contributed by atoms with E-state index in [4.69, 9.17) is 11.6 Å². The smallest absolute Gasteiger partial charge is 0.276 e. The van der Waals surface area contributed by atoms with Gasteiger partial charge in [-0.25, -0.2) is 0 Å². The van der Waals surface area contributed by atoms with Gasteiger partial charge in [0.1, 0.15) is 0 Å². The fraction of sp³-hybridized carbons (Fsp3) is 0. The average molecular weight is 310 g/mol. The van der Waals surface area contributed by atoms with Crippen LogP contribution in [0.3, 0.4) is 0 Å². The van der Waals surface area contributed by atoms with Crippen molar-refractivity contribution in [2.45, 2.75) is 0 Å². The van der Waals surface area contributed by atoms with Crippen molar-refractivity contribution in [1.29, 1.82) is 0 Å². The van der Waals surface area contributed by atoms with Gasteiger partial charge in [-0.05, 0) is 24.3 Å². The van der Waals surface area contributed by atoms with Crippen molar-refractivity contribution >= 4 is 23.2 Å². The van der Waals surface area contributed by atoms with Crippen molar-refractivity contribution < 1.29 is 4.79 Å². The minimum Gasteiger partial charge on any atom is -0.319 e. The molecule has 1 N–H and O–H groups in total. The van der Waals surface area contributed by atoms with Gasteiger partial charge >= 0.3 is 0 Å². The van der Waals surface area contributed by atoms with Crippen LogP contribution in [0.2, 0.25) is 5.02 Å². The Morgan fingerprint density at radius 3 is 2.27 bits per heavy atom. The van der Waals surface area contributed by atoms with Crippen LogP contribution in [-0.4, -0.2) is 16.1 Å². The summed E-state index contributed by atoms with van der Waals surface area (Å²) in [7, 11) is 0. The lowest BCUT2D eigenvalue weighted by atomic mass is 10.1. The molecule has 3 rings (SSSR count). The Bertz CT molecular complexity index is 789. The molecular weight excluding hydrogens is 298 g/mol. The van der Waals surface area contributed by atoms with E-state index in [0.29, 0.717) is 10.7 Å². The number of anilines is 1. The maximum absolute atomic E-state index is 12.1. The molecule has 0 bridgehead atoms. The second-order valence-electron chi connectivity index (χ2n) is 4.60. The molecule has 0 aliphatic carbocycles. The van der Waals surface area contributed by atoms with E-state index >= 15 is 0 Å². The third kappa shape index (κ3) is 3.13. The van der Waals surface area contributed by atoms with Gasteiger partial charge < -0.3 is 5.32 Å². The Balaban J connectivity index is 1.78. The van der Waals surface area contributed by atoms with E-state index in [9.17, 15) is 4.79 Å². The molecule has 0 aliphatic heterocycles. The van der Waals surface area contributed by atoms with Crippen LogP contribution in [0.5, 0.6) is 0 Å². The predicted molar refractivity (Wildman–Crippen MR) is 86.9 cm³/mol. The third-order valence-corrected chi connectivity index (χ3v) is 3.42. The number of hydrogen-bond acceptors (Lipinski definition) is 3. The molecule has 0 aliphatic rings. The summed E-state index contributed by atoms with van der Waals surface area (Å²) in [6.45, 7) is 0. The monoisotopic (exact) mass is 309 g/mol. The average Bonchev–Trinajstić information content (AvgIpc) is 2.58. The molecule has 5 heteroatoms. The molecular formula is C17H12ClN3O. The summed E-state index contributed by atoms with van der Waals surface area (Å²) in [5.74, 6) is -0.347. The number of hydrogen-bond donors (Lipinski definition) is 1. The topological polar surface area (TPSA) is 54.9 Å². The molecule has 108 valence electrons. The fourth-order valence-electron chi connectivity index (χ4n) is 1.97. The number of aromatic nitrogens is 2. The van der Waals surface area contributed by atoms with E-state index in [1.807, 2.05) is 30.3 Å². The second kappa shape index (κ2) is 6.37. The van der Waals surface area contributed by atoms with Crippen molar-refractivity contribution in [3.63, 3.8) is 0 Å². The van der Waals surface area contributed by atoms with Crippen molar-refractivity contribution in [3.8, 4) is 11.3 Å². The predicted octanol–water partition coefficient (Wildman–Crippen LogP) is 4.05. The van der Waals surface area contributed by atoms with E-state index < -0.39 is 0 Å². The Morgan fingerprint density at radius 1 is 0.864 bits per heavy atom. The summed E-state index contributed by atoms with van der Waals surface area (Å²) >= 11 is 6.01. The highest BCUT2D eigenvalue weighted by atomic mass is 35.5. The van der Waals surface area contributed by atoms with Crippen molar-refractivity contribution in [2.75, 3.05) is 5.32 Å². The van der Waals surface area contributed by atoms with Crippen LogP contribution in [0.1, 0.15) is 10.5 Å². The molecule has 0 atom stereocenters. The molecule has 0 spiro atoms. The zero-order valence-electron chi connectivity index (χ0n) is 11.5. The first-order chi connectivity index (χ1) is 10.7. The molecule has 4 nitrogen and oxygen atoms in total. The number of nitrogens with one attached hydrogen (secondary N) is 1. The van der Waals surface area contributed by atoms with Gasteiger partial charge in [-0.3, -0.25) is 4.79 Å². The van der Waals surface area contributed by atoms with E-state index in [1.165, 1.54) is 0 Å². The molecule has 22 heavy (non-hydrogen) atoms. The summed E-state index contributed by atoms with van der Waals surface area (Å²) in [5.41, 5.74) is 2.45. The molecule has 0 unspecified atom stereocenters. The van der Waals surface area contributed by atoms with Gasteiger partial charge in [0, 0.05) is 5.56 Å². The fourth-order valence-corrected chi connectivity index (χ4v) is 2.15. The van der Waals surface area contributed by atoms with E-state index in [0.717, 1.165) is 11.3 Å². The lowest BCUT2D eigenvalue weighted by Gasteiger charge is -2.06. The molecule has 1 heterocycles. The lowest BCUT2D eigenvalue weighted by Crippen LogP contribution is -2.14. The standard InChI is InChI=1S/C17H12ClN3O/c18-13-8-4-5-9-15(13)19-17(22)16-11-10-14(20-21-16)12-6-2-1-3-7-12/h1-11H,(H,19,22). The van der Waals surface area contributed by atoms with E-state index in [2.05, 4.69) is 15.5 Å². The molecule has 0 fully saturated rings. The second-order valence-corrected chi connectivity index (χ2v) is 5.01. The molecule has 1 amide bonds. The Labute approximate surface area is 132 Å². The largest absolute Gasteiger partial charge is 0.319 e. The Kier molecular flexibility index (Phi) is 4.12. The van der Waals surface area contributed by atoms with Gasteiger partial charge in [0.15, 0.2) is 5.69 Å². The molecule has 0 saturated carbocycles. The van der Waals surface area contributed by atoms with Crippen molar-refractivity contribution in [3.05, 3.63) is 77.4 Å². The number of carbonyl (C=O) groups excluding carboxylic acids is 1. The highest BCUT2D eigenvalue weighted by Crippen LogP contribution is 2.21. The Morgan fingerprint density at radius 2 is 1.59 bits per heavy atom. The minimum absolute atomic E-state index is 0.236. The van der Waals surface area contributed by atoms with Crippen LogP contribution < -0.4 is 5.32 Å². The molecule has 0 saturated heterocycles. The number of carbonyl (C=O) groups is 1. The summed E-state index contributed by atoms with van der Waals surface area (Å²) in [6.07, 6.45) is 0. The van der Waals surface area contributed by atoms with Gasteiger partial charge in [-0.15, -0.1) is 10.2 Å². The minimum atomic E-state index is -0.347.